The lowest BCUT2D eigenvalue weighted by Crippen LogP contribution is -2.28. The van der Waals surface area contributed by atoms with Crippen molar-refractivity contribution in [2.24, 2.45) is 5.92 Å². The van der Waals surface area contributed by atoms with Gasteiger partial charge in [0, 0.05) is 31.4 Å². The number of rotatable bonds is 7. The number of hydrogen-bond donors (Lipinski definition) is 1. The van der Waals surface area contributed by atoms with Crippen molar-refractivity contribution in [1.82, 2.24) is 9.88 Å². The molecule has 1 aromatic heterocycles. The summed E-state index contributed by atoms with van der Waals surface area (Å²) in [6.45, 7) is 4.43. The Morgan fingerprint density at radius 3 is 2.81 bits per heavy atom. The van der Waals surface area contributed by atoms with Crippen molar-refractivity contribution in [2.45, 2.75) is 19.8 Å². The highest BCUT2D eigenvalue weighted by molar-refractivity contribution is 7.80. The van der Waals surface area contributed by atoms with Gasteiger partial charge < -0.3 is 4.90 Å². The Hall–Kier alpha value is -0.540. The first-order chi connectivity index (χ1) is 7.76. The standard InChI is InChI=1S/C13H22N2S/c1-3-12(11-16)10-15(2)9-7-13-6-4-5-8-14-13/h4-6,8,12,16H,3,7,9-11H2,1-2H3. The third-order valence-electron chi connectivity index (χ3n) is 2.88. The number of pyridine rings is 1. The van der Waals surface area contributed by atoms with E-state index in [0.717, 1.165) is 25.3 Å². The van der Waals surface area contributed by atoms with Crippen LogP contribution in [0.15, 0.2) is 24.4 Å². The topological polar surface area (TPSA) is 16.1 Å². The molecule has 0 fully saturated rings. The molecule has 0 radical (unpaired) electrons. The summed E-state index contributed by atoms with van der Waals surface area (Å²) in [5.74, 6) is 1.68. The van der Waals surface area contributed by atoms with Crippen LogP contribution in [-0.2, 0) is 6.42 Å². The minimum absolute atomic E-state index is 0.706. The van der Waals surface area contributed by atoms with E-state index in [2.05, 4.69) is 42.6 Å². The quantitative estimate of drug-likeness (QED) is 0.735. The van der Waals surface area contributed by atoms with E-state index in [-0.39, 0.29) is 0 Å². The second-order valence-corrected chi connectivity index (χ2v) is 4.66. The molecule has 2 nitrogen and oxygen atoms in total. The SMILES string of the molecule is CCC(CS)CN(C)CCc1ccccn1. The maximum Gasteiger partial charge on any atom is 0.0416 e. The van der Waals surface area contributed by atoms with Crippen LogP contribution in [0.5, 0.6) is 0 Å². The van der Waals surface area contributed by atoms with E-state index in [1.165, 1.54) is 12.1 Å². The average Bonchev–Trinajstić information content (AvgIpc) is 2.34. The van der Waals surface area contributed by atoms with Crippen LogP contribution in [0.1, 0.15) is 19.0 Å². The molecule has 16 heavy (non-hydrogen) atoms. The van der Waals surface area contributed by atoms with Gasteiger partial charge in [-0.1, -0.05) is 19.4 Å². The summed E-state index contributed by atoms with van der Waals surface area (Å²) in [5.41, 5.74) is 1.17. The van der Waals surface area contributed by atoms with Crippen molar-refractivity contribution in [3.05, 3.63) is 30.1 Å². The highest BCUT2D eigenvalue weighted by Crippen LogP contribution is 2.07. The second kappa shape index (κ2) is 7.69. The van der Waals surface area contributed by atoms with Crippen LogP contribution in [0.4, 0.5) is 0 Å². The highest BCUT2D eigenvalue weighted by Gasteiger charge is 2.07. The van der Waals surface area contributed by atoms with Crippen molar-refractivity contribution in [2.75, 3.05) is 25.9 Å². The summed E-state index contributed by atoms with van der Waals surface area (Å²) in [6.07, 6.45) is 4.09. The molecule has 1 rings (SSSR count). The predicted octanol–water partition coefficient (Wildman–Crippen LogP) is 2.51. The zero-order chi connectivity index (χ0) is 11.8. The van der Waals surface area contributed by atoms with Crippen molar-refractivity contribution in [3.63, 3.8) is 0 Å². The summed E-state index contributed by atoms with van der Waals surface area (Å²) < 4.78 is 0. The number of hydrogen-bond acceptors (Lipinski definition) is 3. The molecule has 0 saturated heterocycles. The number of nitrogens with zero attached hydrogens (tertiary/aromatic N) is 2. The van der Waals surface area contributed by atoms with Crippen molar-refractivity contribution in [1.29, 1.82) is 0 Å². The largest absolute Gasteiger partial charge is 0.306 e. The molecule has 0 aromatic carbocycles. The molecular formula is C13H22N2S. The second-order valence-electron chi connectivity index (χ2n) is 4.29. The molecule has 90 valence electrons. The summed E-state index contributed by atoms with van der Waals surface area (Å²) in [4.78, 5) is 6.70. The van der Waals surface area contributed by atoms with E-state index in [1.807, 2.05) is 18.3 Å². The zero-order valence-corrected chi connectivity index (χ0v) is 11.2. The molecule has 3 heteroatoms. The minimum atomic E-state index is 0.706. The van der Waals surface area contributed by atoms with Crippen LogP contribution in [0.3, 0.4) is 0 Å². The van der Waals surface area contributed by atoms with Crippen molar-refractivity contribution in [3.8, 4) is 0 Å². The molecule has 1 atom stereocenters. The predicted molar refractivity (Wildman–Crippen MR) is 73.1 cm³/mol. The summed E-state index contributed by atoms with van der Waals surface area (Å²) in [7, 11) is 2.18. The summed E-state index contributed by atoms with van der Waals surface area (Å²) in [6, 6.07) is 6.09. The molecule has 0 N–H and O–H groups in total. The van der Waals surface area contributed by atoms with Gasteiger partial charge in [0.1, 0.15) is 0 Å². The van der Waals surface area contributed by atoms with Gasteiger partial charge in [-0.15, -0.1) is 0 Å². The van der Waals surface area contributed by atoms with E-state index in [9.17, 15) is 0 Å². The fourth-order valence-electron chi connectivity index (χ4n) is 1.70. The van der Waals surface area contributed by atoms with E-state index in [1.54, 1.807) is 0 Å². The Morgan fingerprint density at radius 2 is 2.25 bits per heavy atom. The Bertz CT molecular complexity index is 273. The molecule has 0 aliphatic carbocycles. The van der Waals surface area contributed by atoms with Gasteiger partial charge in [-0.05, 0) is 30.9 Å². The van der Waals surface area contributed by atoms with E-state index < -0.39 is 0 Å². The molecular weight excluding hydrogens is 216 g/mol. The normalized spacial score (nSPS) is 13.0. The van der Waals surface area contributed by atoms with Crippen LogP contribution in [0, 0.1) is 5.92 Å². The molecule has 1 unspecified atom stereocenters. The van der Waals surface area contributed by atoms with Gasteiger partial charge in [0.15, 0.2) is 0 Å². The lowest BCUT2D eigenvalue weighted by molar-refractivity contribution is 0.287. The van der Waals surface area contributed by atoms with Crippen LogP contribution in [0.2, 0.25) is 0 Å². The lowest BCUT2D eigenvalue weighted by atomic mass is 10.1. The van der Waals surface area contributed by atoms with Gasteiger partial charge in [-0.3, -0.25) is 4.98 Å². The fraction of sp³-hybridized carbons (Fsp3) is 0.615. The van der Waals surface area contributed by atoms with Gasteiger partial charge in [-0.25, -0.2) is 0 Å². The number of aromatic nitrogens is 1. The summed E-state index contributed by atoms with van der Waals surface area (Å²) in [5, 5.41) is 0. The first kappa shape index (κ1) is 13.5. The molecule has 0 aliphatic rings. The Labute approximate surface area is 104 Å². The van der Waals surface area contributed by atoms with Gasteiger partial charge in [-0.2, -0.15) is 12.6 Å². The smallest absolute Gasteiger partial charge is 0.0416 e. The van der Waals surface area contributed by atoms with E-state index >= 15 is 0 Å². The molecule has 0 spiro atoms. The van der Waals surface area contributed by atoms with Crippen LogP contribution >= 0.6 is 12.6 Å². The molecule has 1 heterocycles. The van der Waals surface area contributed by atoms with Gasteiger partial charge in [0.25, 0.3) is 0 Å². The molecule has 0 bridgehead atoms. The molecule has 1 aromatic rings. The molecule has 0 aliphatic heterocycles. The Morgan fingerprint density at radius 1 is 1.44 bits per heavy atom. The van der Waals surface area contributed by atoms with Crippen LogP contribution < -0.4 is 0 Å². The Balaban J connectivity index is 2.27. The number of thiol groups is 1. The zero-order valence-electron chi connectivity index (χ0n) is 10.3. The third kappa shape index (κ3) is 4.99. The van der Waals surface area contributed by atoms with Gasteiger partial charge in [0.05, 0.1) is 0 Å². The summed E-state index contributed by atoms with van der Waals surface area (Å²) >= 11 is 4.37. The van der Waals surface area contributed by atoms with Gasteiger partial charge in [0.2, 0.25) is 0 Å². The minimum Gasteiger partial charge on any atom is -0.306 e. The molecule has 0 amide bonds. The third-order valence-corrected chi connectivity index (χ3v) is 3.40. The van der Waals surface area contributed by atoms with Crippen LogP contribution in [-0.4, -0.2) is 35.8 Å². The lowest BCUT2D eigenvalue weighted by Gasteiger charge is -2.21. The first-order valence-corrected chi connectivity index (χ1v) is 6.58. The van der Waals surface area contributed by atoms with E-state index in [4.69, 9.17) is 0 Å². The maximum atomic E-state index is 4.37. The van der Waals surface area contributed by atoms with E-state index in [0.29, 0.717) is 5.92 Å². The van der Waals surface area contributed by atoms with Gasteiger partial charge >= 0.3 is 0 Å². The van der Waals surface area contributed by atoms with Crippen molar-refractivity contribution >= 4 is 12.6 Å². The number of likely N-dealkylation sites (N-methyl/N-ethyl adjacent to an activating group) is 1. The fourth-order valence-corrected chi connectivity index (χ4v) is 2.07. The average molecular weight is 238 g/mol. The van der Waals surface area contributed by atoms with Crippen LogP contribution in [0.25, 0.3) is 0 Å². The van der Waals surface area contributed by atoms with Crippen molar-refractivity contribution < 1.29 is 0 Å². The Kier molecular flexibility index (Phi) is 6.50. The highest BCUT2D eigenvalue weighted by atomic mass is 32.1. The first-order valence-electron chi connectivity index (χ1n) is 5.95. The maximum absolute atomic E-state index is 4.37. The molecule has 0 saturated carbocycles. The monoisotopic (exact) mass is 238 g/mol.